The molecule has 8 nitrogen and oxygen atoms in total. The molecule has 1 aliphatic rings. The maximum Gasteiger partial charge on any atom is 0.231 e. The Balaban J connectivity index is 1.52. The number of anilines is 2. The summed E-state index contributed by atoms with van der Waals surface area (Å²) in [5, 5.41) is 3.66. The topological polar surface area (TPSA) is 90.0 Å². The number of carbonyl (C=O) groups excluding carboxylic acids is 2. The molecule has 3 aromatic rings. The minimum Gasteiger partial charge on any atom is -0.497 e. The second-order valence-corrected chi connectivity index (χ2v) is 8.34. The fraction of sp³-hybridized carbons (Fsp3) is 0.286. The van der Waals surface area contributed by atoms with Crippen LogP contribution in [0.5, 0.6) is 17.2 Å². The van der Waals surface area contributed by atoms with Crippen molar-refractivity contribution in [2.24, 2.45) is 5.92 Å². The quantitative estimate of drug-likeness (QED) is 0.597. The van der Waals surface area contributed by atoms with Crippen molar-refractivity contribution in [3.8, 4) is 17.2 Å². The zero-order chi connectivity index (χ0) is 22.1. The number of amides is 2. The number of aromatic nitrogens is 1. The third-order valence-corrected chi connectivity index (χ3v) is 6.29. The van der Waals surface area contributed by atoms with E-state index in [9.17, 15) is 9.59 Å². The van der Waals surface area contributed by atoms with Crippen molar-refractivity contribution in [2.75, 3.05) is 38.1 Å². The van der Waals surface area contributed by atoms with Crippen LogP contribution >= 0.6 is 22.9 Å². The average Bonchev–Trinajstić information content (AvgIpc) is 3.35. The van der Waals surface area contributed by atoms with Crippen molar-refractivity contribution >= 4 is 55.8 Å². The number of nitrogens with zero attached hydrogens (tertiary/aromatic N) is 2. The molecule has 1 aliphatic heterocycles. The molecule has 162 valence electrons. The second-order valence-electron chi connectivity index (χ2n) is 6.91. The van der Waals surface area contributed by atoms with Crippen LogP contribution in [-0.4, -0.2) is 44.7 Å². The van der Waals surface area contributed by atoms with Crippen LogP contribution in [0.25, 0.3) is 10.2 Å². The smallest absolute Gasteiger partial charge is 0.231 e. The number of methoxy groups -OCH3 is 3. The summed E-state index contributed by atoms with van der Waals surface area (Å²) in [5.41, 5.74) is 1.27. The van der Waals surface area contributed by atoms with E-state index >= 15 is 0 Å². The van der Waals surface area contributed by atoms with Gasteiger partial charge in [0, 0.05) is 19.0 Å². The normalized spacial score (nSPS) is 15.9. The van der Waals surface area contributed by atoms with Crippen molar-refractivity contribution in [3.05, 3.63) is 35.4 Å². The highest BCUT2D eigenvalue weighted by Gasteiger charge is 2.37. The van der Waals surface area contributed by atoms with Gasteiger partial charge in [-0.15, -0.1) is 0 Å². The van der Waals surface area contributed by atoms with E-state index in [2.05, 4.69) is 10.3 Å². The molecule has 4 rings (SSSR count). The Kier molecular flexibility index (Phi) is 5.88. The molecule has 1 N–H and O–H groups in total. The Bertz CT molecular complexity index is 1170. The first-order valence-electron chi connectivity index (χ1n) is 9.40. The fourth-order valence-electron chi connectivity index (χ4n) is 3.46. The summed E-state index contributed by atoms with van der Waals surface area (Å²) in [6, 6.07) is 8.74. The molecule has 2 amide bonds. The van der Waals surface area contributed by atoms with Crippen molar-refractivity contribution in [1.29, 1.82) is 0 Å². The molecule has 10 heteroatoms. The van der Waals surface area contributed by atoms with Gasteiger partial charge in [0.05, 0.1) is 48.2 Å². The lowest BCUT2D eigenvalue weighted by molar-refractivity contribution is -0.122. The number of halogens is 1. The van der Waals surface area contributed by atoms with E-state index in [4.69, 9.17) is 25.8 Å². The molecule has 0 saturated carbocycles. The summed E-state index contributed by atoms with van der Waals surface area (Å²) in [5.74, 6) is 0.624. The van der Waals surface area contributed by atoms with Crippen LogP contribution in [0.1, 0.15) is 6.42 Å². The predicted octanol–water partition coefficient (Wildman–Crippen LogP) is 3.97. The number of benzene rings is 2. The van der Waals surface area contributed by atoms with Crippen molar-refractivity contribution in [3.63, 3.8) is 0 Å². The lowest BCUT2D eigenvalue weighted by Crippen LogP contribution is -2.28. The van der Waals surface area contributed by atoms with Gasteiger partial charge in [0.25, 0.3) is 0 Å². The van der Waals surface area contributed by atoms with Crippen LogP contribution in [0.3, 0.4) is 0 Å². The largest absolute Gasteiger partial charge is 0.497 e. The van der Waals surface area contributed by atoms with E-state index in [1.54, 1.807) is 19.2 Å². The highest BCUT2D eigenvalue weighted by Crippen LogP contribution is 2.40. The first kappa shape index (κ1) is 21.2. The van der Waals surface area contributed by atoms with Crippen molar-refractivity contribution < 1.29 is 23.8 Å². The number of nitrogens with one attached hydrogen (secondary N) is 1. The number of hydrogen-bond acceptors (Lipinski definition) is 7. The first-order chi connectivity index (χ1) is 14.9. The number of thiazole rings is 1. The van der Waals surface area contributed by atoms with Crippen LogP contribution in [0, 0.1) is 5.92 Å². The predicted molar refractivity (Wildman–Crippen MR) is 120 cm³/mol. The Labute approximate surface area is 187 Å². The fourth-order valence-corrected chi connectivity index (χ4v) is 4.60. The molecule has 1 saturated heterocycles. The van der Waals surface area contributed by atoms with Gasteiger partial charge < -0.3 is 24.4 Å². The molecule has 1 aromatic heterocycles. The SMILES string of the molecule is COc1ccc2nc(NC(=O)[C@@H]3CC(=O)N(c4cc(Cl)c(OC)cc4OC)C3)sc2c1. The van der Waals surface area contributed by atoms with E-state index in [0.29, 0.717) is 27.3 Å². The summed E-state index contributed by atoms with van der Waals surface area (Å²) in [7, 11) is 4.59. The van der Waals surface area contributed by atoms with Gasteiger partial charge in [-0.1, -0.05) is 22.9 Å². The molecular formula is C21H20ClN3O5S. The molecule has 0 bridgehead atoms. The summed E-state index contributed by atoms with van der Waals surface area (Å²) >= 11 is 7.59. The highest BCUT2D eigenvalue weighted by molar-refractivity contribution is 7.22. The summed E-state index contributed by atoms with van der Waals surface area (Å²) in [4.78, 5) is 31.5. The van der Waals surface area contributed by atoms with E-state index in [1.807, 2.05) is 18.2 Å². The number of hydrogen-bond donors (Lipinski definition) is 1. The van der Waals surface area contributed by atoms with Crippen molar-refractivity contribution in [2.45, 2.75) is 6.42 Å². The lowest BCUT2D eigenvalue weighted by atomic mass is 10.1. The maximum atomic E-state index is 12.8. The number of fused-ring (bicyclic) bond motifs is 1. The van der Waals surface area contributed by atoms with Gasteiger partial charge in [-0.05, 0) is 24.3 Å². The van der Waals surface area contributed by atoms with Crippen LogP contribution in [0.4, 0.5) is 10.8 Å². The van der Waals surface area contributed by atoms with Gasteiger partial charge >= 0.3 is 0 Å². The minimum atomic E-state index is -0.528. The summed E-state index contributed by atoms with van der Waals surface area (Å²) in [6.45, 7) is 0.211. The van der Waals surface area contributed by atoms with Crippen LogP contribution in [-0.2, 0) is 9.59 Å². The molecule has 1 atom stereocenters. The zero-order valence-electron chi connectivity index (χ0n) is 17.1. The Morgan fingerprint density at radius 2 is 1.94 bits per heavy atom. The Morgan fingerprint density at radius 3 is 2.65 bits per heavy atom. The molecule has 1 fully saturated rings. The molecule has 2 heterocycles. The maximum absolute atomic E-state index is 12.8. The first-order valence-corrected chi connectivity index (χ1v) is 10.6. The van der Waals surface area contributed by atoms with Gasteiger partial charge in [0.1, 0.15) is 17.2 Å². The third-order valence-electron chi connectivity index (χ3n) is 5.07. The van der Waals surface area contributed by atoms with Crippen molar-refractivity contribution in [1.82, 2.24) is 4.98 Å². The third kappa shape index (κ3) is 4.11. The summed E-state index contributed by atoms with van der Waals surface area (Å²) < 4.78 is 16.7. The van der Waals surface area contributed by atoms with Gasteiger partial charge in [0.15, 0.2) is 5.13 Å². The van der Waals surface area contributed by atoms with Gasteiger partial charge in [-0.2, -0.15) is 0 Å². The molecule has 0 radical (unpaired) electrons. The molecule has 0 aliphatic carbocycles. The molecule has 0 spiro atoms. The average molecular weight is 462 g/mol. The standard InChI is InChI=1S/C21H20ClN3O5S/c1-28-12-4-5-14-18(7-12)31-21(23-14)24-20(27)11-6-19(26)25(10-11)15-8-13(22)16(29-2)9-17(15)30-3/h4-5,7-9,11H,6,10H2,1-3H3,(H,23,24,27)/t11-/m1/s1. The highest BCUT2D eigenvalue weighted by atomic mass is 35.5. The van der Waals surface area contributed by atoms with Gasteiger partial charge in [0.2, 0.25) is 11.8 Å². The molecule has 2 aromatic carbocycles. The van der Waals surface area contributed by atoms with Crippen LogP contribution in [0.15, 0.2) is 30.3 Å². The molecule has 31 heavy (non-hydrogen) atoms. The van der Waals surface area contributed by atoms with Crippen LogP contribution < -0.4 is 24.4 Å². The number of ether oxygens (including phenoxy) is 3. The second kappa shape index (κ2) is 8.60. The monoisotopic (exact) mass is 461 g/mol. The lowest BCUT2D eigenvalue weighted by Gasteiger charge is -2.20. The summed E-state index contributed by atoms with van der Waals surface area (Å²) in [6.07, 6.45) is 0.0807. The van der Waals surface area contributed by atoms with E-state index in [1.165, 1.54) is 30.5 Å². The molecule has 0 unspecified atom stereocenters. The zero-order valence-corrected chi connectivity index (χ0v) is 18.7. The van der Waals surface area contributed by atoms with Gasteiger partial charge in [-0.25, -0.2) is 4.98 Å². The van der Waals surface area contributed by atoms with E-state index in [-0.39, 0.29) is 24.8 Å². The number of carbonyl (C=O) groups is 2. The Hall–Kier alpha value is -3.04. The van der Waals surface area contributed by atoms with Crippen LogP contribution in [0.2, 0.25) is 5.02 Å². The Morgan fingerprint density at radius 1 is 1.16 bits per heavy atom. The van der Waals surface area contributed by atoms with E-state index < -0.39 is 5.92 Å². The van der Waals surface area contributed by atoms with Gasteiger partial charge in [-0.3, -0.25) is 9.59 Å². The minimum absolute atomic E-state index is 0.0807. The molecular weight excluding hydrogens is 442 g/mol. The number of rotatable bonds is 6. The van der Waals surface area contributed by atoms with E-state index in [0.717, 1.165) is 16.0 Å².